The number of thiazole rings is 1. The first-order chi connectivity index (χ1) is 49.2. The molecule has 0 unspecified atom stereocenters. The number of allylic oxidation sites excluding steroid dienone is 1. The fourth-order valence-electron chi connectivity index (χ4n) is 13.9. The number of piperazine rings is 2. The number of sulfone groups is 1. The summed E-state index contributed by atoms with van der Waals surface area (Å²) >= 11 is 9.16. The maximum absolute atomic E-state index is 14.6. The van der Waals surface area contributed by atoms with Crippen molar-refractivity contribution >= 4 is 101 Å². The molecule has 104 heavy (non-hydrogen) atoms. The van der Waals surface area contributed by atoms with Crippen LogP contribution in [0.4, 0.5) is 24.5 Å². The predicted molar refractivity (Wildman–Crippen MR) is 402 cm³/mol. The zero-order valence-corrected chi connectivity index (χ0v) is 63.8. The molecule has 1 aromatic heterocycles. The Labute approximate surface area is 621 Å². The minimum absolute atomic E-state index is 0.0257. The van der Waals surface area contributed by atoms with Gasteiger partial charge in [0.2, 0.25) is 23.6 Å². The molecule has 1 aliphatic carbocycles. The highest BCUT2D eigenvalue weighted by Gasteiger charge is 2.49. The van der Waals surface area contributed by atoms with E-state index in [-0.39, 0.29) is 54.9 Å². The van der Waals surface area contributed by atoms with Gasteiger partial charge in [-0.1, -0.05) is 106 Å². The molecule has 4 heterocycles. The Kier molecular flexibility index (Phi) is 25.9. The lowest BCUT2D eigenvalue weighted by molar-refractivity contribution is -0.144. The van der Waals surface area contributed by atoms with Gasteiger partial charge in [-0.3, -0.25) is 33.8 Å². The Morgan fingerprint density at radius 2 is 1.45 bits per heavy atom. The highest BCUT2D eigenvalue weighted by molar-refractivity contribution is 7.99. The van der Waals surface area contributed by atoms with Gasteiger partial charge in [0.25, 0.3) is 25.8 Å². The molecule has 0 radical (unpaired) electrons. The second-order valence-corrected chi connectivity index (χ2v) is 35.3. The molecule has 20 nitrogen and oxygen atoms in total. The number of carbonyl (C=O) groups excluding carboxylic acids is 5. The summed E-state index contributed by atoms with van der Waals surface area (Å²) in [7, 11) is -11.1. The van der Waals surface area contributed by atoms with Crippen molar-refractivity contribution in [1.29, 1.82) is 0 Å². The van der Waals surface area contributed by atoms with E-state index in [1.54, 1.807) is 33.9 Å². The van der Waals surface area contributed by atoms with Gasteiger partial charge >= 0.3 is 5.51 Å². The minimum Gasteiger partial charge on any atom is -0.391 e. The Morgan fingerprint density at radius 1 is 0.798 bits per heavy atom. The van der Waals surface area contributed by atoms with E-state index < -0.39 is 100 Å². The Hall–Kier alpha value is -7.37. The average Bonchev–Trinajstić information content (AvgIpc) is 1.54. The number of β-amino-alcohol motifs (C(OH)–C–C–N with tert-alkyl or cyclic N) is 1. The van der Waals surface area contributed by atoms with E-state index >= 15 is 0 Å². The standard InChI is InChI=1S/C76H94ClF3N10O10S4/c1-50(52-17-19-54(20-18-52)69-51(2)81-49-102-69)82-72(95)65-43-60(91)47-90(65)73(96)70(74(3,4)5)84-67(92)15-11-12-16-68(93)89-41-35-86(36-42-89)34-32-58(48-101-61-13-9-8-10-14-61)83-64-30-29-62(44-66(64)103(97,98)76(78,79)80)104(99,100)85-71(94)55-23-27-59(28-24-55)88-39-37-87(38-40-88)46-56-45-75(6,7)33-31-63(56)53-21-25-57(77)26-22-53/h8-10,13-14,17-30,44,49-50,58,60,65,70,83,91H,11-12,15-16,31-43,45-48H2,1-7H3,(H,82,95)(H,84,92)(H,85,94)/t50-,58+,60+,65-,70+/m0/s1. The smallest absolute Gasteiger partial charge is 0.391 e. The zero-order chi connectivity index (χ0) is 74.9. The molecular weight excluding hydrogens is 1430 g/mol. The van der Waals surface area contributed by atoms with Crippen LogP contribution in [0.5, 0.6) is 0 Å². The number of carbonyl (C=O) groups is 5. The SMILES string of the molecule is Cc1ncsc1-c1ccc([C@H](C)NC(=O)[C@@H]2C[C@@H](O)CN2C(=O)[C@@H](NC(=O)CCCCC(=O)N2CCN(CC[C@H](CSc3ccccc3)Nc3ccc(S(=O)(=O)NC(=O)c4ccc(N5CCN(CC6=C(c7ccc(Cl)cc7)CCC(C)(C)C6)CC5)cc4)cc3S(=O)(=O)C(F)(F)F)CC2)C(C)(C)C)cc1. The van der Waals surface area contributed by atoms with Crippen LogP contribution in [-0.4, -0.2) is 184 Å². The molecule has 0 spiro atoms. The first-order valence-electron chi connectivity index (χ1n) is 35.3. The number of nitrogens with zero attached hydrogens (tertiary/aromatic N) is 6. The van der Waals surface area contributed by atoms with Gasteiger partial charge in [0.15, 0.2) is 0 Å². The van der Waals surface area contributed by atoms with Crippen molar-refractivity contribution in [3.05, 3.63) is 160 Å². The molecule has 3 fully saturated rings. The lowest BCUT2D eigenvalue weighted by Gasteiger charge is -2.39. The Balaban J connectivity index is 0.701. The quantitative estimate of drug-likeness (QED) is 0.0237. The van der Waals surface area contributed by atoms with Gasteiger partial charge in [-0.15, -0.1) is 23.1 Å². The monoisotopic (exact) mass is 1530 g/mol. The third-order valence-corrected chi connectivity index (χ3v) is 25.2. The van der Waals surface area contributed by atoms with Gasteiger partial charge < -0.3 is 35.8 Å². The summed E-state index contributed by atoms with van der Waals surface area (Å²) < 4.78 is 100. The van der Waals surface area contributed by atoms with Crippen molar-refractivity contribution in [3.63, 3.8) is 0 Å². The minimum atomic E-state index is -6.19. The number of rotatable bonds is 27. The normalized spacial score (nSPS) is 18.8. The maximum Gasteiger partial charge on any atom is 0.501 e. The molecule has 6 aromatic rings. The summed E-state index contributed by atoms with van der Waals surface area (Å²) in [4.78, 5) is 82.6. The molecule has 5 amide bonds. The van der Waals surface area contributed by atoms with Crippen LogP contribution >= 0.6 is 34.7 Å². The summed E-state index contributed by atoms with van der Waals surface area (Å²) in [5.74, 6) is -2.24. The van der Waals surface area contributed by atoms with Gasteiger partial charge in [-0.05, 0) is 152 Å². The fourth-order valence-corrected chi connectivity index (χ4v) is 17.8. The van der Waals surface area contributed by atoms with Gasteiger partial charge in [0.05, 0.1) is 38.8 Å². The van der Waals surface area contributed by atoms with E-state index in [0.717, 1.165) is 83.3 Å². The van der Waals surface area contributed by atoms with Crippen LogP contribution in [0, 0.1) is 17.8 Å². The highest BCUT2D eigenvalue weighted by Crippen LogP contribution is 2.44. The number of hydrogen-bond acceptors (Lipinski definition) is 17. The number of aliphatic hydroxyl groups excluding tert-OH is 1. The topological polar surface area (TPSA) is 251 Å². The van der Waals surface area contributed by atoms with E-state index in [2.05, 4.69) is 61.6 Å². The van der Waals surface area contributed by atoms with E-state index in [0.29, 0.717) is 69.7 Å². The molecule has 3 aliphatic heterocycles. The highest BCUT2D eigenvalue weighted by atomic mass is 35.5. The Morgan fingerprint density at radius 3 is 2.10 bits per heavy atom. The van der Waals surface area contributed by atoms with Crippen molar-refractivity contribution in [2.45, 2.75) is 157 Å². The number of halogens is 4. The third kappa shape index (κ3) is 20.4. The first-order valence-corrected chi connectivity index (χ1v) is 40.5. The molecule has 4 aliphatic rings. The number of hydrogen-bond donors (Lipinski definition) is 5. The molecule has 0 bridgehead atoms. The summed E-state index contributed by atoms with van der Waals surface area (Å²) in [6.45, 7) is 19.6. The Bertz CT molecular complexity index is 4280. The van der Waals surface area contributed by atoms with E-state index in [4.69, 9.17) is 11.6 Å². The number of sulfonamides is 1. The van der Waals surface area contributed by atoms with Crippen LogP contribution in [0.15, 0.2) is 147 Å². The number of alkyl halides is 3. The lowest BCUT2D eigenvalue weighted by Crippen LogP contribution is -2.57. The van der Waals surface area contributed by atoms with E-state index in [9.17, 15) is 59.1 Å². The maximum atomic E-state index is 14.6. The largest absolute Gasteiger partial charge is 0.501 e. The number of amides is 5. The number of aryl methyl sites for hydroxylation is 1. The number of nitrogens with one attached hydrogen (secondary N) is 4. The number of likely N-dealkylation sites (tertiary alicyclic amines) is 1. The fraction of sp³-hybridized carbons (Fsp3) is 0.474. The lowest BCUT2D eigenvalue weighted by atomic mass is 9.73. The van der Waals surface area contributed by atoms with Gasteiger partial charge in [0.1, 0.15) is 17.0 Å². The van der Waals surface area contributed by atoms with Crippen molar-refractivity contribution < 1.29 is 59.1 Å². The van der Waals surface area contributed by atoms with Crippen LogP contribution in [0.25, 0.3) is 16.0 Å². The van der Waals surface area contributed by atoms with Gasteiger partial charge in [-0.25, -0.2) is 26.5 Å². The van der Waals surface area contributed by atoms with Crippen LogP contribution in [0.3, 0.4) is 0 Å². The number of aromatic nitrogens is 1. The van der Waals surface area contributed by atoms with Crippen LogP contribution in [-0.2, 0) is 39.0 Å². The molecule has 5 N–H and O–H groups in total. The summed E-state index contributed by atoms with van der Waals surface area (Å²) in [5.41, 5.74) is 2.44. The van der Waals surface area contributed by atoms with Crippen molar-refractivity contribution in [2.75, 3.05) is 88.0 Å². The van der Waals surface area contributed by atoms with Crippen LogP contribution in [0.1, 0.15) is 133 Å². The number of benzene rings is 5. The predicted octanol–water partition coefficient (Wildman–Crippen LogP) is 12.0. The molecule has 0 saturated carbocycles. The average molecular weight is 1530 g/mol. The molecule has 5 atom stereocenters. The summed E-state index contributed by atoms with van der Waals surface area (Å²) in [5, 5.41) is 20.4. The molecule has 560 valence electrons. The van der Waals surface area contributed by atoms with E-state index in [1.807, 2.05) is 106 Å². The molecule has 5 aromatic carbocycles. The number of anilines is 2. The summed E-state index contributed by atoms with van der Waals surface area (Å²) in [6, 6.07) is 30.6. The second-order valence-electron chi connectivity index (χ2n) is 29.3. The van der Waals surface area contributed by atoms with Crippen LogP contribution in [0.2, 0.25) is 5.02 Å². The van der Waals surface area contributed by atoms with Gasteiger partial charge in [-0.2, -0.15) is 13.2 Å². The number of aliphatic hydroxyl groups is 1. The first kappa shape index (κ1) is 79.2. The zero-order valence-electron chi connectivity index (χ0n) is 59.8. The third-order valence-electron chi connectivity index (χ3n) is 19.9. The molecule has 3 saturated heterocycles. The van der Waals surface area contributed by atoms with Gasteiger partial charge in [0, 0.05) is 124 Å². The molecule has 28 heteroatoms. The van der Waals surface area contributed by atoms with Crippen molar-refractivity contribution in [3.8, 4) is 10.4 Å². The van der Waals surface area contributed by atoms with Crippen molar-refractivity contribution in [2.24, 2.45) is 10.8 Å². The van der Waals surface area contributed by atoms with Crippen molar-refractivity contribution in [1.82, 2.24) is 39.9 Å². The number of thioether (sulfide) groups is 1. The molecular formula is C76H94ClF3N10O10S4. The second kappa shape index (κ2) is 34.0. The van der Waals surface area contributed by atoms with Crippen LogP contribution < -0.4 is 25.6 Å². The number of unbranched alkanes of at least 4 members (excludes halogenated alkanes) is 1. The summed E-state index contributed by atoms with van der Waals surface area (Å²) in [6.07, 6.45) is 3.37. The molecule has 10 rings (SSSR count). The van der Waals surface area contributed by atoms with E-state index in [1.165, 1.54) is 45.5 Å².